The van der Waals surface area contributed by atoms with Gasteiger partial charge in [0, 0.05) is 19.6 Å². The summed E-state index contributed by atoms with van der Waals surface area (Å²) in [7, 11) is -3.16. The maximum Gasteiger partial charge on any atom is 0.237 e. The van der Waals surface area contributed by atoms with Gasteiger partial charge < -0.3 is 4.90 Å². The molecule has 0 aliphatic carbocycles. The van der Waals surface area contributed by atoms with E-state index in [2.05, 4.69) is 0 Å². The van der Waals surface area contributed by atoms with Crippen LogP contribution in [0.5, 0.6) is 0 Å². The summed E-state index contributed by atoms with van der Waals surface area (Å²) in [4.78, 5) is 13.6. The maximum absolute atomic E-state index is 11.8. The zero-order valence-electron chi connectivity index (χ0n) is 9.39. The van der Waals surface area contributed by atoms with Crippen molar-refractivity contribution in [3.05, 3.63) is 0 Å². The normalized spacial score (nSPS) is 25.9. The number of likely N-dealkylation sites (tertiary alicyclic amines) is 1. The van der Waals surface area contributed by atoms with Crippen LogP contribution < -0.4 is 0 Å². The van der Waals surface area contributed by atoms with Gasteiger partial charge >= 0.3 is 0 Å². The highest BCUT2D eigenvalue weighted by atomic mass is 32.2. The van der Waals surface area contributed by atoms with Crippen LogP contribution in [0.25, 0.3) is 0 Å². The van der Waals surface area contributed by atoms with Gasteiger partial charge in [0.2, 0.25) is 15.9 Å². The summed E-state index contributed by atoms with van der Waals surface area (Å²) in [5, 5.41) is 0. The number of amides is 1. The molecule has 92 valence electrons. The summed E-state index contributed by atoms with van der Waals surface area (Å²) < 4.78 is 24.7. The molecule has 0 saturated carbocycles. The Morgan fingerprint density at radius 1 is 1.00 bits per heavy atom. The van der Waals surface area contributed by atoms with Crippen LogP contribution in [-0.2, 0) is 14.8 Å². The molecule has 2 saturated heterocycles. The van der Waals surface area contributed by atoms with Crippen LogP contribution in [0.15, 0.2) is 0 Å². The molecule has 16 heavy (non-hydrogen) atoms. The topological polar surface area (TPSA) is 57.7 Å². The van der Waals surface area contributed by atoms with Crippen molar-refractivity contribution in [3.63, 3.8) is 0 Å². The summed E-state index contributed by atoms with van der Waals surface area (Å²) in [6.45, 7) is 2.11. The Balaban J connectivity index is 1.95. The Morgan fingerprint density at radius 3 is 2.25 bits per heavy atom. The second-order valence-corrected chi connectivity index (χ2v) is 6.53. The van der Waals surface area contributed by atoms with Gasteiger partial charge in [-0.2, -0.15) is 4.31 Å². The SMILES string of the molecule is O=C(CN1CCCCS1(=O)=O)N1CCCC1. The molecule has 0 spiro atoms. The van der Waals surface area contributed by atoms with E-state index in [1.165, 1.54) is 4.31 Å². The minimum absolute atomic E-state index is 0.0389. The maximum atomic E-state index is 11.8. The Morgan fingerprint density at radius 2 is 1.62 bits per heavy atom. The monoisotopic (exact) mass is 246 g/mol. The summed E-state index contributed by atoms with van der Waals surface area (Å²) in [6.07, 6.45) is 3.67. The standard InChI is InChI=1S/C10H18N2O3S/c13-10(11-5-1-2-6-11)9-12-7-3-4-8-16(12,14)15/h1-9H2. The minimum atomic E-state index is -3.16. The van der Waals surface area contributed by atoms with Crippen LogP contribution in [0.3, 0.4) is 0 Å². The molecule has 2 aliphatic rings. The molecule has 0 aromatic carbocycles. The molecule has 0 aromatic heterocycles. The molecule has 1 amide bonds. The number of carbonyl (C=O) groups is 1. The van der Waals surface area contributed by atoms with E-state index < -0.39 is 10.0 Å². The van der Waals surface area contributed by atoms with Crippen molar-refractivity contribution < 1.29 is 13.2 Å². The van der Waals surface area contributed by atoms with Gasteiger partial charge in [0.1, 0.15) is 0 Å². The molecule has 0 unspecified atom stereocenters. The second-order valence-electron chi connectivity index (χ2n) is 4.44. The van der Waals surface area contributed by atoms with Crippen molar-refractivity contribution in [1.29, 1.82) is 0 Å². The lowest BCUT2D eigenvalue weighted by atomic mass is 10.3. The van der Waals surface area contributed by atoms with Gasteiger partial charge in [-0.1, -0.05) is 0 Å². The highest BCUT2D eigenvalue weighted by Gasteiger charge is 2.29. The smallest absolute Gasteiger partial charge is 0.237 e. The predicted octanol–water partition coefficient (Wildman–Crippen LogP) is 0.0344. The van der Waals surface area contributed by atoms with E-state index in [1.807, 2.05) is 0 Å². The first kappa shape index (κ1) is 11.9. The first-order chi connectivity index (χ1) is 7.59. The molecular formula is C10H18N2O3S. The molecule has 0 atom stereocenters. The van der Waals surface area contributed by atoms with E-state index in [1.54, 1.807) is 4.90 Å². The summed E-state index contributed by atoms with van der Waals surface area (Å²) in [6, 6.07) is 0. The molecule has 2 rings (SSSR count). The zero-order valence-corrected chi connectivity index (χ0v) is 10.2. The van der Waals surface area contributed by atoms with Crippen LogP contribution in [0.1, 0.15) is 25.7 Å². The van der Waals surface area contributed by atoms with Gasteiger partial charge in [-0.05, 0) is 25.7 Å². The highest BCUT2D eigenvalue weighted by molar-refractivity contribution is 7.89. The third kappa shape index (κ3) is 2.55. The molecule has 5 nitrogen and oxygen atoms in total. The highest BCUT2D eigenvalue weighted by Crippen LogP contribution is 2.15. The summed E-state index contributed by atoms with van der Waals surface area (Å²) in [5.41, 5.74) is 0. The number of hydrogen-bond donors (Lipinski definition) is 0. The van der Waals surface area contributed by atoms with E-state index in [0.717, 1.165) is 38.8 Å². The number of sulfonamides is 1. The third-order valence-corrected chi connectivity index (χ3v) is 5.13. The fourth-order valence-corrected chi connectivity index (χ4v) is 3.78. The molecule has 0 aromatic rings. The molecule has 0 radical (unpaired) electrons. The van der Waals surface area contributed by atoms with Crippen molar-refractivity contribution in [3.8, 4) is 0 Å². The summed E-state index contributed by atoms with van der Waals surface area (Å²) >= 11 is 0. The Labute approximate surface area is 96.5 Å². The van der Waals surface area contributed by atoms with E-state index >= 15 is 0 Å². The van der Waals surface area contributed by atoms with Crippen molar-refractivity contribution >= 4 is 15.9 Å². The molecular weight excluding hydrogens is 228 g/mol. The lowest BCUT2D eigenvalue weighted by Crippen LogP contribution is -2.45. The van der Waals surface area contributed by atoms with Gasteiger partial charge in [-0.3, -0.25) is 4.79 Å². The molecule has 6 heteroatoms. The number of rotatable bonds is 2. The van der Waals surface area contributed by atoms with E-state index in [-0.39, 0.29) is 18.2 Å². The van der Waals surface area contributed by atoms with E-state index in [0.29, 0.717) is 6.54 Å². The number of carbonyl (C=O) groups excluding carboxylic acids is 1. The lowest BCUT2D eigenvalue weighted by Gasteiger charge is -2.27. The Bertz CT molecular complexity index is 360. The van der Waals surface area contributed by atoms with Gasteiger partial charge in [-0.25, -0.2) is 8.42 Å². The van der Waals surface area contributed by atoms with Gasteiger partial charge in [-0.15, -0.1) is 0 Å². The first-order valence-corrected chi connectivity index (χ1v) is 7.46. The van der Waals surface area contributed by atoms with Gasteiger partial charge in [0.15, 0.2) is 0 Å². The fraction of sp³-hybridized carbons (Fsp3) is 0.900. The van der Waals surface area contributed by atoms with Crippen LogP contribution in [0.2, 0.25) is 0 Å². The predicted molar refractivity (Wildman–Crippen MR) is 60.4 cm³/mol. The largest absolute Gasteiger partial charge is 0.342 e. The molecule has 0 bridgehead atoms. The van der Waals surface area contributed by atoms with Crippen LogP contribution in [0.4, 0.5) is 0 Å². The summed E-state index contributed by atoms with van der Waals surface area (Å²) in [5.74, 6) is 0.156. The Kier molecular flexibility index (Phi) is 3.49. The fourth-order valence-electron chi connectivity index (χ4n) is 2.24. The lowest BCUT2D eigenvalue weighted by molar-refractivity contribution is -0.130. The van der Waals surface area contributed by atoms with Crippen molar-refractivity contribution in [1.82, 2.24) is 9.21 Å². The van der Waals surface area contributed by atoms with Crippen LogP contribution >= 0.6 is 0 Å². The van der Waals surface area contributed by atoms with Crippen molar-refractivity contribution in [2.75, 3.05) is 31.9 Å². The van der Waals surface area contributed by atoms with E-state index in [4.69, 9.17) is 0 Å². The Hall–Kier alpha value is -0.620. The third-order valence-electron chi connectivity index (χ3n) is 3.22. The van der Waals surface area contributed by atoms with Crippen molar-refractivity contribution in [2.45, 2.75) is 25.7 Å². The van der Waals surface area contributed by atoms with Crippen LogP contribution in [0, 0.1) is 0 Å². The van der Waals surface area contributed by atoms with E-state index in [9.17, 15) is 13.2 Å². The zero-order chi connectivity index (χ0) is 11.6. The van der Waals surface area contributed by atoms with Crippen molar-refractivity contribution in [2.24, 2.45) is 0 Å². The number of nitrogens with zero attached hydrogens (tertiary/aromatic N) is 2. The molecule has 2 fully saturated rings. The average Bonchev–Trinajstić information content (AvgIpc) is 2.74. The first-order valence-electron chi connectivity index (χ1n) is 5.85. The van der Waals surface area contributed by atoms with Gasteiger partial charge in [0.05, 0.1) is 12.3 Å². The number of hydrogen-bond acceptors (Lipinski definition) is 3. The minimum Gasteiger partial charge on any atom is -0.342 e. The quantitative estimate of drug-likeness (QED) is 0.691. The molecule has 0 N–H and O–H groups in total. The molecule has 2 aliphatic heterocycles. The van der Waals surface area contributed by atoms with Crippen LogP contribution in [-0.4, -0.2) is 55.5 Å². The van der Waals surface area contributed by atoms with Gasteiger partial charge in [0.25, 0.3) is 0 Å². The average molecular weight is 246 g/mol. The second kappa shape index (κ2) is 4.71. The molecule has 2 heterocycles.